The van der Waals surface area contributed by atoms with E-state index in [1.807, 2.05) is 6.92 Å². The lowest BCUT2D eigenvalue weighted by Gasteiger charge is -2.39. The maximum absolute atomic E-state index is 13.1. The standard InChI is InChI=1S/C17H26N2OS/c1-6-17(5)15(20)19(16(3,4)12-8-9-12)14(18-17)13-10-7-11(2)21-13/h7,10,12,14,18H,6,8-9H2,1-5H3. The summed E-state index contributed by atoms with van der Waals surface area (Å²) in [4.78, 5) is 17.8. The van der Waals surface area contributed by atoms with E-state index in [2.05, 4.69) is 50.0 Å². The summed E-state index contributed by atoms with van der Waals surface area (Å²) in [5.41, 5.74) is -0.506. The van der Waals surface area contributed by atoms with Gasteiger partial charge in [0.15, 0.2) is 0 Å². The molecule has 3 rings (SSSR count). The minimum Gasteiger partial charge on any atom is -0.315 e. The van der Waals surface area contributed by atoms with Crippen molar-refractivity contribution in [2.75, 3.05) is 0 Å². The number of rotatable bonds is 4. The molecule has 2 fully saturated rings. The number of carbonyl (C=O) groups excluding carboxylic acids is 1. The first-order chi connectivity index (χ1) is 9.79. The molecular formula is C17H26N2OS. The molecule has 1 aromatic heterocycles. The van der Waals surface area contributed by atoms with Gasteiger partial charge in [-0.2, -0.15) is 0 Å². The summed E-state index contributed by atoms with van der Waals surface area (Å²) in [5, 5.41) is 3.62. The number of hydrogen-bond acceptors (Lipinski definition) is 3. The van der Waals surface area contributed by atoms with Gasteiger partial charge in [-0.05, 0) is 65.0 Å². The zero-order valence-electron chi connectivity index (χ0n) is 13.7. The van der Waals surface area contributed by atoms with Crippen molar-refractivity contribution in [2.45, 2.75) is 71.1 Å². The Morgan fingerprint density at radius 3 is 2.57 bits per heavy atom. The van der Waals surface area contributed by atoms with Gasteiger partial charge < -0.3 is 4.90 Å². The van der Waals surface area contributed by atoms with Crippen molar-refractivity contribution in [1.82, 2.24) is 10.2 Å². The SMILES string of the molecule is CCC1(C)NC(c2ccc(C)s2)N(C(C)(C)C2CC2)C1=O. The quantitative estimate of drug-likeness (QED) is 0.916. The Hall–Kier alpha value is -0.870. The van der Waals surface area contributed by atoms with Crippen molar-refractivity contribution in [3.05, 3.63) is 21.9 Å². The maximum atomic E-state index is 13.1. The van der Waals surface area contributed by atoms with E-state index in [1.54, 1.807) is 11.3 Å². The van der Waals surface area contributed by atoms with E-state index in [0.717, 1.165) is 6.42 Å². The Bertz CT molecular complexity index is 561. The molecule has 2 atom stereocenters. The molecule has 1 amide bonds. The minimum atomic E-state index is -0.436. The van der Waals surface area contributed by atoms with Crippen LogP contribution in [0, 0.1) is 12.8 Å². The summed E-state index contributed by atoms with van der Waals surface area (Å²) in [5.74, 6) is 0.906. The van der Waals surface area contributed by atoms with Crippen LogP contribution in [-0.2, 0) is 4.79 Å². The summed E-state index contributed by atoms with van der Waals surface area (Å²) >= 11 is 1.79. The summed E-state index contributed by atoms with van der Waals surface area (Å²) in [6.45, 7) is 10.7. The number of carbonyl (C=O) groups is 1. The van der Waals surface area contributed by atoms with Crippen LogP contribution in [-0.4, -0.2) is 21.9 Å². The number of nitrogens with one attached hydrogen (secondary N) is 1. The van der Waals surface area contributed by atoms with Crippen LogP contribution in [0.25, 0.3) is 0 Å². The van der Waals surface area contributed by atoms with Crippen LogP contribution >= 0.6 is 11.3 Å². The molecule has 1 N–H and O–H groups in total. The second-order valence-corrected chi connectivity index (χ2v) is 8.60. The van der Waals surface area contributed by atoms with E-state index in [4.69, 9.17) is 0 Å². The third-order valence-electron chi connectivity index (χ3n) is 5.34. The molecule has 0 spiro atoms. The van der Waals surface area contributed by atoms with E-state index >= 15 is 0 Å². The third kappa shape index (κ3) is 2.33. The van der Waals surface area contributed by atoms with Gasteiger partial charge in [-0.15, -0.1) is 11.3 Å². The number of nitrogens with zero attached hydrogens (tertiary/aromatic N) is 1. The van der Waals surface area contributed by atoms with Gasteiger partial charge in [-0.3, -0.25) is 10.1 Å². The smallest absolute Gasteiger partial charge is 0.244 e. The summed E-state index contributed by atoms with van der Waals surface area (Å²) in [6.07, 6.45) is 3.34. The highest BCUT2D eigenvalue weighted by Gasteiger charge is 2.56. The normalized spacial score (nSPS) is 30.2. The molecule has 0 radical (unpaired) electrons. The average Bonchev–Trinajstić information content (AvgIpc) is 3.15. The molecule has 1 aliphatic heterocycles. The van der Waals surface area contributed by atoms with Crippen LogP contribution in [0.2, 0.25) is 0 Å². The molecule has 1 aromatic rings. The van der Waals surface area contributed by atoms with E-state index in [9.17, 15) is 4.79 Å². The highest BCUT2D eigenvalue weighted by molar-refractivity contribution is 7.12. The Kier molecular flexibility index (Phi) is 3.45. The van der Waals surface area contributed by atoms with Crippen molar-refractivity contribution in [3.8, 4) is 0 Å². The molecule has 21 heavy (non-hydrogen) atoms. The highest BCUT2D eigenvalue weighted by atomic mass is 32.1. The third-order valence-corrected chi connectivity index (χ3v) is 6.39. The molecule has 3 nitrogen and oxygen atoms in total. The van der Waals surface area contributed by atoms with Crippen LogP contribution < -0.4 is 5.32 Å². The van der Waals surface area contributed by atoms with Crippen molar-refractivity contribution in [2.24, 2.45) is 5.92 Å². The van der Waals surface area contributed by atoms with E-state index < -0.39 is 5.54 Å². The second-order valence-electron chi connectivity index (χ2n) is 7.28. The van der Waals surface area contributed by atoms with Crippen LogP contribution in [0.15, 0.2) is 12.1 Å². The first-order valence-electron chi connectivity index (χ1n) is 7.97. The van der Waals surface area contributed by atoms with Gasteiger partial charge in [-0.25, -0.2) is 0 Å². The lowest BCUT2D eigenvalue weighted by molar-refractivity contribution is -0.138. The monoisotopic (exact) mass is 306 g/mol. The van der Waals surface area contributed by atoms with Crippen molar-refractivity contribution >= 4 is 17.2 Å². The Morgan fingerprint density at radius 2 is 2.10 bits per heavy atom. The molecule has 2 heterocycles. The number of thiophene rings is 1. The Morgan fingerprint density at radius 1 is 1.43 bits per heavy atom. The fraction of sp³-hybridized carbons (Fsp3) is 0.706. The highest BCUT2D eigenvalue weighted by Crippen LogP contribution is 2.49. The van der Waals surface area contributed by atoms with Gasteiger partial charge in [-0.1, -0.05) is 6.92 Å². The second kappa shape index (κ2) is 4.82. The molecule has 1 saturated heterocycles. The lowest BCUT2D eigenvalue weighted by atomic mass is 9.93. The number of hydrogen-bond donors (Lipinski definition) is 1. The molecule has 116 valence electrons. The van der Waals surface area contributed by atoms with Crippen molar-refractivity contribution < 1.29 is 4.79 Å². The maximum Gasteiger partial charge on any atom is 0.244 e. The fourth-order valence-electron chi connectivity index (χ4n) is 3.44. The predicted octanol–water partition coefficient (Wildman–Crippen LogP) is 3.84. The molecule has 1 saturated carbocycles. The van der Waals surface area contributed by atoms with Gasteiger partial charge in [0.2, 0.25) is 5.91 Å². The van der Waals surface area contributed by atoms with Crippen LogP contribution in [0.5, 0.6) is 0 Å². The molecular weight excluding hydrogens is 280 g/mol. The average molecular weight is 306 g/mol. The lowest BCUT2D eigenvalue weighted by Crippen LogP contribution is -2.50. The van der Waals surface area contributed by atoms with Gasteiger partial charge in [0.25, 0.3) is 0 Å². The first kappa shape index (κ1) is 15.0. The van der Waals surface area contributed by atoms with Gasteiger partial charge in [0.05, 0.1) is 5.54 Å². The van der Waals surface area contributed by atoms with E-state index in [1.165, 1.54) is 22.6 Å². The first-order valence-corrected chi connectivity index (χ1v) is 8.79. The predicted molar refractivity (Wildman–Crippen MR) is 87.3 cm³/mol. The molecule has 0 bridgehead atoms. The fourth-order valence-corrected chi connectivity index (χ4v) is 4.36. The van der Waals surface area contributed by atoms with Crippen molar-refractivity contribution in [3.63, 3.8) is 0 Å². The summed E-state index contributed by atoms with van der Waals surface area (Å²) in [7, 11) is 0. The largest absolute Gasteiger partial charge is 0.315 e. The van der Waals surface area contributed by atoms with Gasteiger partial charge in [0, 0.05) is 15.3 Å². The number of aryl methyl sites for hydroxylation is 1. The van der Waals surface area contributed by atoms with E-state index in [-0.39, 0.29) is 17.6 Å². The zero-order valence-corrected chi connectivity index (χ0v) is 14.5. The van der Waals surface area contributed by atoms with Crippen molar-refractivity contribution in [1.29, 1.82) is 0 Å². The van der Waals surface area contributed by atoms with E-state index in [0.29, 0.717) is 5.92 Å². The molecule has 2 aliphatic rings. The van der Waals surface area contributed by atoms with Crippen LogP contribution in [0.1, 0.15) is 62.9 Å². The summed E-state index contributed by atoms with van der Waals surface area (Å²) in [6, 6.07) is 4.32. The molecule has 0 aromatic carbocycles. The zero-order chi connectivity index (χ0) is 15.4. The topological polar surface area (TPSA) is 32.3 Å². The number of amides is 1. The van der Waals surface area contributed by atoms with Gasteiger partial charge in [0.1, 0.15) is 6.17 Å². The summed E-state index contributed by atoms with van der Waals surface area (Å²) < 4.78 is 0. The molecule has 4 heteroatoms. The molecule has 2 unspecified atom stereocenters. The Labute approximate surface area is 131 Å². The van der Waals surface area contributed by atoms with Crippen LogP contribution in [0.4, 0.5) is 0 Å². The van der Waals surface area contributed by atoms with Crippen LogP contribution in [0.3, 0.4) is 0 Å². The molecule has 1 aliphatic carbocycles. The van der Waals surface area contributed by atoms with Gasteiger partial charge >= 0.3 is 0 Å². The Balaban J connectivity index is 2.01. The minimum absolute atomic E-state index is 0.0248.